The molecule has 7 nitrogen and oxygen atoms in total. The number of hydrogen-bond donors (Lipinski definition) is 3. The van der Waals surface area contributed by atoms with Gasteiger partial charge in [-0.25, -0.2) is 10.9 Å². The van der Waals surface area contributed by atoms with Gasteiger partial charge in [-0.15, -0.1) is 0 Å². The van der Waals surface area contributed by atoms with Gasteiger partial charge in [-0.2, -0.15) is 0 Å². The monoisotopic (exact) mass is 379 g/mol. The van der Waals surface area contributed by atoms with Gasteiger partial charge in [0.15, 0.2) is 0 Å². The molecule has 2 unspecified atom stereocenters. The van der Waals surface area contributed by atoms with Gasteiger partial charge in [-0.1, -0.05) is 23.7 Å². The van der Waals surface area contributed by atoms with Gasteiger partial charge < -0.3 is 14.7 Å². The summed E-state index contributed by atoms with van der Waals surface area (Å²) in [5.41, 5.74) is 6.42. The molecule has 3 N–H and O–H groups in total. The van der Waals surface area contributed by atoms with Crippen LogP contribution in [-0.4, -0.2) is 54.2 Å². The van der Waals surface area contributed by atoms with E-state index < -0.39 is 11.4 Å². The molecule has 3 fully saturated rings. The van der Waals surface area contributed by atoms with Gasteiger partial charge in [-0.05, 0) is 30.5 Å². The molecule has 0 bridgehead atoms. The van der Waals surface area contributed by atoms with Crippen molar-refractivity contribution in [2.45, 2.75) is 24.9 Å². The van der Waals surface area contributed by atoms with E-state index in [1.54, 1.807) is 4.90 Å². The highest BCUT2D eigenvalue weighted by Gasteiger charge is 2.55. The Hall–Kier alpha value is -1.67. The molecule has 3 aliphatic rings. The number of carboxylic acid groups (broad SMARTS) is 1. The number of fused-ring (bicyclic) bond motifs is 1. The van der Waals surface area contributed by atoms with Gasteiger partial charge in [0.05, 0.1) is 12.0 Å². The number of benzene rings is 1. The minimum atomic E-state index is -0.866. The van der Waals surface area contributed by atoms with Crippen LogP contribution in [0.3, 0.4) is 0 Å². The summed E-state index contributed by atoms with van der Waals surface area (Å²) < 4.78 is 5.46. The lowest BCUT2D eigenvalue weighted by Crippen LogP contribution is -2.47. The Morgan fingerprint density at radius 3 is 2.73 bits per heavy atom. The summed E-state index contributed by atoms with van der Waals surface area (Å²) in [6.07, 6.45) is 1.07. The van der Waals surface area contributed by atoms with Crippen molar-refractivity contribution in [2.75, 3.05) is 26.3 Å². The number of ether oxygens (including phenoxy) is 1. The fourth-order valence-corrected chi connectivity index (χ4v) is 4.45. The van der Waals surface area contributed by atoms with E-state index in [9.17, 15) is 14.7 Å². The average Bonchev–Trinajstić information content (AvgIpc) is 3.27. The molecule has 8 heteroatoms. The highest BCUT2D eigenvalue weighted by atomic mass is 35.5. The Labute approximate surface area is 156 Å². The van der Waals surface area contributed by atoms with Crippen LogP contribution in [0.25, 0.3) is 0 Å². The molecule has 3 heterocycles. The Balaban J connectivity index is 1.44. The smallest absolute Gasteiger partial charge is 0.311 e. The van der Waals surface area contributed by atoms with E-state index in [1.165, 1.54) is 0 Å². The lowest BCUT2D eigenvalue weighted by atomic mass is 9.74. The van der Waals surface area contributed by atoms with E-state index in [-0.39, 0.29) is 30.5 Å². The third-order valence-electron chi connectivity index (χ3n) is 5.92. The minimum Gasteiger partial charge on any atom is -0.481 e. The largest absolute Gasteiger partial charge is 0.481 e. The summed E-state index contributed by atoms with van der Waals surface area (Å²) >= 11 is 5.93. The molecule has 3 aliphatic heterocycles. The predicted octanol–water partition coefficient (Wildman–Crippen LogP) is 1.20. The number of hydrogen-bond acceptors (Lipinski definition) is 5. The molecule has 0 aliphatic carbocycles. The van der Waals surface area contributed by atoms with Crippen molar-refractivity contribution in [3.05, 3.63) is 34.9 Å². The number of carbonyl (C=O) groups is 2. The maximum Gasteiger partial charge on any atom is 0.311 e. The third-order valence-corrected chi connectivity index (χ3v) is 6.17. The van der Waals surface area contributed by atoms with Gasteiger partial charge in [-0.3, -0.25) is 9.59 Å². The molecule has 1 amide bonds. The van der Waals surface area contributed by atoms with E-state index in [0.717, 1.165) is 5.56 Å². The molecule has 0 aromatic heterocycles. The van der Waals surface area contributed by atoms with Crippen LogP contribution in [0.5, 0.6) is 0 Å². The number of nitrogens with zero attached hydrogens (tertiary/aromatic N) is 1. The lowest BCUT2D eigenvalue weighted by Gasteiger charge is -2.33. The fourth-order valence-electron chi connectivity index (χ4n) is 4.32. The summed E-state index contributed by atoms with van der Waals surface area (Å²) in [4.78, 5) is 26.5. The Bertz CT molecular complexity index is 713. The first-order valence-electron chi connectivity index (χ1n) is 8.86. The molecule has 1 aromatic rings. The second-order valence-corrected chi connectivity index (χ2v) is 7.82. The van der Waals surface area contributed by atoms with Crippen molar-refractivity contribution in [3.8, 4) is 0 Å². The number of halogens is 1. The first kappa shape index (κ1) is 17.7. The van der Waals surface area contributed by atoms with Crippen LogP contribution in [0.2, 0.25) is 5.02 Å². The number of carboxylic acids is 1. The summed E-state index contributed by atoms with van der Waals surface area (Å²) in [6, 6.07) is 7.18. The summed E-state index contributed by atoms with van der Waals surface area (Å²) in [5, 5.41) is 10.4. The average molecular weight is 380 g/mol. The molecule has 0 spiro atoms. The van der Waals surface area contributed by atoms with E-state index in [2.05, 4.69) is 10.9 Å². The number of carbonyl (C=O) groups excluding carboxylic acids is 1. The minimum absolute atomic E-state index is 0.0165. The molecule has 26 heavy (non-hydrogen) atoms. The Kier molecular flexibility index (Phi) is 4.64. The lowest BCUT2D eigenvalue weighted by molar-refractivity contribution is -0.157. The zero-order valence-corrected chi connectivity index (χ0v) is 15.0. The second kappa shape index (κ2) is 6.81. The molecule has 4 atom stereocenters. The van der Waals surface area contributed by atoms with Crippen LogP contribution in [-0.2, 0) is 14.3 Å². The molecule has 1 aromatic carbocycles. The highest BCUT2D eigenvalue weighted by Crippen LogP contribution is 2.43. The van der Waals surface area contributed by atoms with Crippen LogP contribution in [0.15, 0.2) is 24.3 Å². The van der Waals surface area contributed by atoms with Gasteiger partial charge in [0.2, 0.25) is 5.91 Å². The van der Waals surface area contributed by atoms with Crippen molar-refractivity contribution in [1.29, 1.82) is 0 Å². The zero-order chi connectivity index (χ0) is 18.3. The van der Waals surface area contributed by atoms with E-state index in [0.29, 0.717) is 37.6 Å². The molecule has 3 saturated heterocycles. The van der Waals surface area contributed by atoms with Gasteiger partial charge in [0.1, 0.15) is 6.04 Å². The van der Waals surface area contributed by atoms with Crippen LogP contribution < -0.4 is 10.9 Å². The topological polar surface area (TPSA) is 90.9 Å². The summed E-state index contributed by atoms with van der Waals surface area (Å²) in [5.74, 6) is -1.01. The number of rotatable bonds is 3. The standard InChI is InChI=1S/C18H22ClN3O4/c19-13-3-1-11(2-4-13)14-7-15(21-20-14)16(23)22-8-12-9-26-6-5-18(12,10-22)17(24)25/h1-4,12,14-15,20-21H,5-10H2,(H,24,25)/t12-,14?,15?,18+/m0/s1. The maximum absolute atomic E-state index is 13.0. The van der Waals surface area contributed by atoms with E-state index >= 15 is 0 Å². The van der Waals surface area contributed by atoms with E-state index in [4.69, 9.17) is 16.3 Å². The SMILES string of the molecule is O=C(C1CC(c2ccc(Cl)cc2)NN1)N1C[C@H]2COCC[C@@]2(C(=O)O)C1. The van der Waals surface area contributed by atoms with Crippen molar-refractivity contribution in [1.82, 2.24) is 15.8 Å². The Morgan fingerprint density at radius 1 is 1.27 bits per heavy atom. The zero-order valence-electron chi connectivity index (χ0n) is 14.3. The van der Waals surface area contributed by atoms with Gasteiger partial charge in [0, 0.05) is 36.7 Å². The first-order valence-corrected chi connectivity index (χ1v) is 9.24. The quantitative estimate of drug-likeness (QED) is 0.731. The third kappa shape index (κ3) is 2.99. The number of likely N-dealkylation sites (tertiary alicyclic amines) is 1. The normalized spacial score (nSPS) is 33.9. The van der Waals surface area contributed by atoms with Crippen LogP contribution in [0, 0.1) is 11.3 Å². The molecular formula is C18H22ClN3O4. The summed E-state index contributed by atoms with van der Waals surface area (Å²) in [6.45, 7) is 1.54. The molecular weight excluding hydrogens is 358 g/mol. The van der Waals surface area contributed by atoms with Crippen molar-refractivity contribution in [2.24, 2.45) is 11.3 Å². The highest BCUT2D eigenvalue weighted by molar-refractivity contribution is 6.30. The van der Waals surface area contributed by atoms with Crippen molar-refractivity contribution < 1.29 is 19.4 Å². The second-order valence-electron chi connectivity index (χ2n) is 7.38. The van der Waals surface area contributed by atoms with Gasteiger partial charge in [0.25, 0.3) is 0 Å². The fraction of sp³-hybridized carbons (Fsp3) is 0.556. The predicted molar refractivity (Wildman–Crippen MR) is 94.4 cm³/mol. The van der Waals surface area contributed by atoms with E-state index in [1.807, 2.05) is 24.3 Å². The van der Waals surface area contributed by atoms with Crippen molar-refractivity contribution in [3.63, 3.8) is 0 Å². The van der Waals surface area contributed by atoms with Gasteiger partial charge >= 0.3 is 5.97 Å². The molecule has 0 radical (unpaired) electrons. The van der Waals surface area contributed by atoms with Crippen LogP contribution in [0.4, 0.5) is 0 Å². The maximum atomic E-state index is 13.0. The number of aliphatic carboxylic acids is 1. The molecule has 4 rings (SSSR count). The Morgan fingerprint density at radius 2 is 2.04 bits per heavy atom. The van der Waals surface area contributed by atoms with Crippen LogP contribution >= 0.6 is 11.6 Å². The van der Waals surface area contributed by atoms with Crippen LogP contribution in [0.1, 0.15) is 24.4 Å². The summed E-state index contributed by atoms with van der Waals surface area (Å²) in [7, 11) is 0. The number of nitrogens with one attached hydrogen (secondary N) is 2. The number of amides is 1. The molecule has 0 saturated carbocycles. The first-order chi connectivity index (χ1) is 12.5. The number of hydrazine groups is 1. The molecule has 140 valence electrons. The van der Waals surface area contributed by atoms with Crippen molar-refractivity contribution >= 4 is 23.5 Å².